The van der Waals surface area contributed by atoms with E-state index in [9.17, 15) is 17.6 Å². The molecule has 0 fully saturated rings. The summed E-state index contributed by atoms with van der Waals surface area (Å²) in [5.41, 5.74) is 3.04. The van der Waals surface area contributed by atoms with Crippen LogP contribution in [0.4, 0.5) is 17.6 Å². The first-order valence-electron chi connectivity index (χ1n) is 9.64. The van der Waals surface area contributed by atoms with Crippen LogP contribution in [0.5, 0.6) is 11.6 Å². The Bertz CT molecular complexity index is 1040. The van der Waals surface area contributed by atoms with Gasteiger partial charge in [-0.05, 0) is 37.6 Å². The number of aryl methyl sites for hydroxylation is 1. The standard InChI is InChI=1S/C22H19F4N3O2/c1-29-8-2-3-13-4-5-14(19-6-7-20(28-27-19)31-22(25)26)9-18(13)21(29)30-17-11-15(23)10-16(24)12-17/h4-7,9-12,21-22H,2-3,8H2,1H3. The number of rotatable bonds is 5. The highest BCUT2D eigenvalue weighted by Gasteiger charge is 2.26. The fourth-order valence-corrected chi connectivity index (χ4v) is 3.59. The second kappa shape index (κ2) is 8.89. The zero-order chi connectivity index (χ0) is 22.0. The molecule has 0 amide bonds. The molecule has 1 atom stereocenters. The number of aromatic nitrogens is 2. The molecule has 0 aliphatic carbocycles. The van der Waals surface area contributed by atoms with Gasteiger partial charge in [0.1, 0.15) is 17.4 Å². The Hall–Kier alpha value is -3.20. The summed E-state index contributed by atoms with van der Waals surface area (Å²) < 4.78 is 62.2. The zero-order valence-electron chi connectivity index (χ0n) is 16.6. The van der Waals surface area contributed by atoms with Crippen molar-refractivity contribution >= 4 is 0 Å². The maximum absolute atomic E-state index is 13.6. The minimum absolute atomic E-state index is 0.0842. The molecule has 2 aromatic carbocycles. The number of hydrogen-bond acceptors (Lipinski definition) is 5. The minimum atomic E-state index is -2.98. The molecule has 0 bridgehead atoms. The summed E-state index contributed by atoms with van der Waals surface area (Å²) in [5.74, 6) is -1.63. The van der Waals surface area contributed by atoms with Crippen molar-refractivity contribution in [2.24, 2.45) is 0 Å². The van der Waals surface area contributed by atoms with Gasteiger partial charge in [0.2, 0.25) is 5.88 Å². The van der Waals surface area contributed by atoms with E-state index in [1.165, 1.54) is 12.1 Å². The van der Waals surface area contributed by atoms with Crippen LogP contribution in [-0.2, 0) is 6.42 Å². The number of fused-ring (bicyclic) bond motifs is 1. The summed E-state index contributed by atoms with van der Waals surface area (Å²) in [6, 6.07) is 11.6. The van der Waals surface area contributed by atoms with Crippen LogP contribution in [0.15, 0.2) is 48.5 Å². The Morgan fingerprint density at radius 3 is 2.45 bits per heavy atom. The third-order valence-corrected chi connectivity index (χ3v) is 5.00. The second-order valence-corrected chi connectivity index (χ2v) is 7.21. The van der Waals surface area contributed by atoms with Crippen LogP contribution in [0.3, 0.4) is 0 Å². The molecular weight excluding hydrogens is 414 g/mol. The highest BCUT2D eigenvalue weighted by molar-refractivity contribution is 5.61. The third kappa shape index (κ3) is 4.93. The van der Waals surface area contributed by atoms with Gasteiger partial charge in [-0.25, -0.2) is 8.78 Å². The lowest BCUT2D eigenvalue weighted by molar-refractivity contribution is -0.0534. The van der Waals surface area contributed by atoms with Crippen LogP contribution >= 0.6 is 0 Å². The SMILES string of the molecule is CN1CCCc2ccc(-c3ccc(OC(F)F)nn3)cc2C1Oc1cc(F)cc(F)c1. The quantitative estimate of drug-likeness (QED) is 0.532. The van der Waals surface area contributed by atoms with E-state index in [0.29, 0.717) is 11.3 Å². The lowest BCUT2D eigenvalue weighted by atomic mass is 9.98. The first-order chi connectivity index (χ1) is 14.9. The number of nitrogens with zero attached hydrogens (tertiary/aromatic N) is 3. The number of hydrogen-bond donors (Lipinski definition) is 0. The van der Waals surface area contributed by atoms with E-state index in [-0.39, 0.29) is 11.6 Å². The Balaban J connectivity index is 1.68. The van der Waals surface area contributed by atoms with Gasteiger partial charge in [0.05, 0.1) is 5.69 Å². The molecule has 2 heterocycles. The highest BCUT2D eigenvalue weighted by Crippen LogP contribution is 2.34. The molecule has 0 radical (unpaired) electrons. The smallest absolute Gasteiger partial charge is 0.388 e. The first kappa shape index (κ1) is 21.0. The van der Waals surface area contributed by atoms with Crippen molar-refractivity contribution in [2.75, 3.05) is 13.6 Å². The summed E-state index contributed by atoms with van der Waals surface area (Å²) in [5, 5.41) is 7.63. The topological polar surface area (TPSA) is 47.5 Å². The van der Waals surface area contributed by atoms with Gasteiger partial charge in [-0.3, -0.25) is 4.90 Å². The summed E-state index contributed by atoms with van der Waals surface area (Å²) in [4.78, 5) is 1.96. The van der Waals surface area contributed by atoms with E-state index in [1.54, 1.807) is 0 Å². The lowest BCUT2D eigenvalue weighted by Crippen LogP contribution is -2.29. The maximum atomic E-state index is 13.6. The van der Waals surface area contributed by atoms with Crippen molar-refractivity contribution in [3.8, 4) is 22.9 Å². The van der Waals surface area contributed by atoms with Crippen LogP contribution in [0.25, 0.3) is 11.3 Å². The number of ether oxygens (including phenoxy) is 2. The predicted molar refractivity (Wildman–Crippen MR) is 105 cm³/mol. The molecule has 0 saturated heterocycles. The molecule has 31 heavy (non-hydrogen) atoms. The molecule has 5 nitrogen and oxygen atoms in total. The van der Waals surface area contributed by atoms with E-state index in [1.807, 2.05) is 30.1 Å². The molecule has 162 valence electrons. The average Bonchev–Trinajstić information content (AvgIpc) is 2.86. The maximum Gasteiger partial charge on any atom is 0.388 e. The lowest BCUT2D eigenvalue weighted by Gasteiger charge is -2.28. The molecule has 1 aliphatic heterocycles. The third-order valence-electron chi connectivity index (χ3n) is 5.00. The Morgan fingerprint density at radius 2 is 1.77 bits per heavy atom. The molecule has 1 aromatic heterocycles. The van der Waals surface area contributed by atoms with Crippen molar-refractivity contribution < 1.29 is 27.0 Å². The van der Waals surface area contributed by atoms with Gasteiger partial charge in [-0.1, -0.05) is 12.1 Å². The molecule has 0 saturated carbocycles. The monoisotopic (exact) mass is 433 g/mol. The van der Waals surface area contributed by atoms with Crippen LogP contribution in [0.2, 0.25) is 0 Å². The fourth-order valence-electron chi connectivity index (χ4n) is 3.59. The van der Waals surface area contributed by atoms with Crippen molar-refractivity contribution in [1.29, 1.82) is 0 Å². The van der Waals surface area contributed by atoms with Gasteiger partial charge in [0.15, 0.2) is 6.23 Å². The Kier molecular flexibility index (Phi) is 6.03. The van der Waals surface area contributed by atoms with E-state index >= 15 is 0 Å². The summed E-state index contributed by atoms with van der Waals surface area (Å²) in [7, 11) is 1.87. The molecule has 3 aromatic rings. The second-order valence-electron chi connectivity index (χ2n) is 7.21. The van der Waals surface area contributed by atoms with Gasteiger partial charge < -0.3 is 9.47 Å². The molecule has 0 N–H and O–H groups in total. The minimum Gasteiger partial charge on any atom is -0.471 e. The summed E-state index contributed by atoms with van der Waals surface area (Å²) in [6.07, 6.45) is 1.12. The molecule has 9 heteroatoms. The average molecular weight is 433 g/mol. The van der Waals surface area contributed by atoms with Gasteiger partial charge in [-0.2, -0.15) is 8.78 Å². The van der Waals surface area contributed by atoms with E-state index in [2.05, 4.69) is 14.9 Å². The number of halogens is 4. The first-order valence-corrected chi connectivity index (χ1v) is 9.64. The number of benzene rings is 2. The molecule has 1 unspecified atom stereocenters. The van der Waals surface area contributed by atoms with Gasteiger partial charge >= 0.3 is 6.61 Å². The molecule has 4 rings (SSSR count). The van der Waals surface area contributed by atoms with Crippen molar-refractivity contribution in [1.82, 2.24) is 15.1 Å². The highest BCUT2D eigenvalue weighted by atomic mass is 19.3. The Labute approximate surface area is 176 Å². The van der Waals surface area contributed by atoms with Crippen LogP contribution in [-0.4, -0.2) is 35.3 Å². The van der Waals surface area contributed by atoms with E-state index in [0.717, 1.165) is 48.7 Å². The van der Waals surface area contributed by atoms with E-state index in [4.69, 9.17) is 4.74 Å². The molecular formula is C22H19F4N3O2. The number of alkyl halides is 2. The van der Waals surface area contributed by atoms with Crippen molar-refractivity contribution in [3.63, 3.8) is 0 Å². The zero-order valence-corrected chi connectivity index (χ0v) is 16.6. The summed E-state index contributed by atoms with van der Waals surface area (Å²) in [6.45, 7) is -2.25. The molecule has 0 spiro atoms. The van der Waals surface area contributed by atoms with Gasteiger partial charge in [0, 0.05) is 41.9 Å². The van der Waals surface area contributed by atoms with Gasteiger partial charge in [-0.15, -0.1) is 10.2 Å². The molecule has 1 aliphatic rings. The van der Waals surface area contributed by atoms with Crippen LogP contribution in [0, 0.1) is 11.6 Å². The van der Waals surface area contributed by atoms with Crippen LogP contribution < -0.4 is 9.47 Å². The van der Waals surface area contributed by atoms with Crippen molar-refractivity contribution in [3.05, 3.63) is 71.3 Å². The fraction of sp³-hybridized carbons (Fsp3) is 0.273. The van der Waals surface area contributed by atoms with Crippen molar-refractivity contribution in [2.45, 2.75) is 25.7 Å². The predicted octanol–water partition coefficient (Wildman–Crippen LogP) is 4.98. The normalized spacial score (nSPS) is 16.6. The largest absolute Gasteiger partial charge is 0.471 e. The van der Waals surface area contributed by atoms with Crippen LogP contribution in [0.1, 0.15) is 23.8 Å². The summed E-state index contributed by atoms with van der Waals surface area (Å²) >= 11 is 0. The Morgan fingerprint density at radius 1 is 1.00 bits per heavy atom. The van der Waals surface area contributed by atoms with Gasteiger partial charge in [0.25, 0.3) is 0 Å². The van der Waals surface area contributed by atoms with E-state index < -0.39 is 24.5 Å².